The smallest absolute Gasteiger partial charge is 0.412 e. The van der Waals surface area contributed by atoms with Crippen molar-refractivity contribution in [3.8, 4) is 11.3 Å². The molecule has 0 aliphatic rings. The van der Waals surface area contributed by atoms with Gasteiger partial charge in [0.05, 0.1) is 6.04 Å². The molecule has 0 radical (unpaired) electrons. The van der Waals surface area contributed by atoms with Gasteiger partial charge in [-0.15, -0.1) is 0 Å². The van der Waals surface area contributed by atoms with E-state index in [0.29, 0.717) is 33.3 Å². The van der Waals surface area contributed by atoms with Gasteiger partial charge in [-0.05, 0) is 37.6 Å². The first-order valence-corrected chi connectivity index (χ1v) is 8.01. The number of rotatable bonds is 4. The van der Waals surface area contributed by atoms with Crippen LogP contribution in [0.25, 0.3) is 11.3 Å². The van der Waals surface area contributed by atoms with Crippen LogP contribution in [0.15, 0.2) is 53.3 Å². The highest BCUT2D eigenvalue weighted by Gasteiger charge is 2.31. The van der Waals surface area contributed by atoms with E-state index in [2.05, 4.69) is 10.1 Å². The van der Waals surface area contributed by atoms with Crippen LogP contribution in [0.1, 0.15) is 24.2 Å². The van der Waals surface area contributed by atoms with Gasteiger partial charge >= 0.3 is 6.09 Å². The standard InChI is InChI=1S/C18H16ClN3O3/c1-11-16(17(25-21-11)13-7-9-20-10-8-13)22(18(23)24)12(2)14-5-3-4-6-15(14)19/h3-10,12H,1-2H3,(H,23,24). The Morgan fingerprint density at radius 3 is 2.56 bits per heavy atom. The molecule has 1 unspecified atom stereocenters. The fourth-order valence-electron chi connectivity index (χ4n) is 2.75. The number of hydrogen-bond acceptors (Lipinski definition) is 4. The SMILES string of the molecule is Cc1noc(-c2ccncc2)c1N(C(=O)O)C(C)c1ccccc1Cl. The highest BCUT2D eigenvalue weighted by molar-refractivity contribution is 6.31. The topological polar surface area (TPSA) is 79.5 Å². The number of hydrogen-bond donors (Lipinski definition) is 1. The summed E-state index contributed by atoms with van der Waals surface area (Å²) in [6.07, 6.45) is 2.10. The summed E-state index contributed by atoms with van der Waals surface area (Å²) in [6.45, 7) is 3.48. The molecule has 6 nitrogen and oxygen atoms in total. The summed E-state index contributed by atoms with van der Waals surface area (Å²) in [5, 5.41) is 14.3. The number of nitrogens with zero attached hydrogens (tertiary/aromatic N) is 3. The van der Waals surface area contributed by atoms with E-state index >= 15 is 0 Å². The van der Waals surface area contributed by atoms with Crippen LogP contribution in [0, 0.1) is 6.92 Å². The first-order valence-electron chi connectivity index (χ1n) is 7.64. The second-order valence-electron chi connectivity index (χ2n) is 5.53. The van der Waals surface area contributed by atoms with Gasteiger partial charge in [-0.25, -0.2) is 4.79 Å². The molecule has 0 spiro atoms. The Balaban J connectivity index is 2.13. The molecule has 0 saturated heterocycles. The van der Waals surface area contributed by atoms with Crippen LogP contribution in [-0.2, 0) is 0 Å². The number of pyridine rings is 1. The minimum atomic E-state index is -1.12. The quantitative estimate of drug-likeness (QED) is 0.715. The number of carbonyl (C=O) groups is 1. The summed E-state index contributed by atoms with van der Waals surface area (Å²) < 4.78 is 5.41. The molecule has 1 N–H and O–H groups in total. The van der Waals surface area contributed by atoms with E-state index in [1.807, 2.05) is 6.07 Å². The van der Waals surface area contributed by atoms with E-state index < -0.39 is 12.1 Å². The van der Waals surface area contributed by atoms with Crippen molar-refractivity contribution < 1.29 is 14.4 Å². The van der Waals surface area contributed by atoms with Gasteiger partial charge in [0.2, 0.25) is 0 Å². The Morgan fingerprint density at radius 1 is 1.24 bits per heavy atom. The van der Waals surface area contributed by atoms with Crippen LogP contribution in [0.3, 0.4) is 0 Å². The average molecular weight is 358 g/mol. The molecule has 0 aliphatic carbocycles. The molecule has 3 aromatic rings. The van der Waals surface area contributed by atoms with E-state index in [1.165, 1.54) is 4.90 Å². The third kappa shape index (κ3) is 3.21. The lowest BCUT2D eigenvalue weighted by atomic mass is 10.0. The third-order valence-corrected chi connectivity index (χ3v) is 4.31. The fourth-order valence-corrected chi connectivity index (χ4v) is 3.04. The van der Waals surface area contributed by atoms with Crippen molar-refractivity contribution in [2.75, 3.05) is 4.90 Å². The molecule has 1 aromatic carbocycles. The molecular weight excluding hydrogens is 342 g/mol. The second-order valence-corrected chi connectivity index (χ2v) is 5.94. The molecule has 128 valence electrons. The molecule has 0 aliphatic heterocycles. The van der Waals surface area contributed by atoms with Crippen molar-refractivity contribution in [1.82, 2.24) is 10.1 Å². The molecule has 2 aromatic heterocycles. The van der Waals surface area contributed by atoms with Crippen molar-refractivity contribution >= 4 is 23.4 Å². The number of carboxylic acid groups (broad SMARTS) is 1. The number of anilines is 1. The van der Waals surface area contributed by atoms with E-state index in [0.717, 1.165) is 0 Å². The maximum atomic E-state index is 12.1. The van der Waals surface area contributed by atoms with Gasteiger partial charge in [-0.1, -0.05) is 35.0 Å². The van der Waals surface area contributed by atoms with Crippen molar-refractivity contribution in [2.24, 2.45) is 0 Å². The van der Waals surface area contributed by atoms with Crippen molar-refractivity contribution in [2.45, 2.75) is 19.9 Å². The van der Waals surface area contributed by atoms with Gasteiger partial charge in [-0.2, -0.15) is 0 Å². The van der Waals surface area contributed by atoms with E-state index in [-0.39, 0.29) is 0 Å². The van der Waals surface area contributed by atoms with Crippen LogP contribution in [0.5, 0.6) is 0 Å². The number of benzene rings is 1. The van der Waals surface area contributed by atoms with Crippen LogP contribution < -0.4 is 4.90 Å². The molecule has 2 heterocycles. The Morgan fingerprint density at radius 2 is 1.92 bits per heavy atom. The molecule has 0 bridgehead atoms. The normalized spacial score (nSPS) is 12.0. The van der Waals surface area contributed by atoms with Crippen LogP contribution in [-0.4, -0.2) is 21.3 Å². The Hall–Kier alpha value is -2.86. The lowest BCUT2D eigenvalue weighted by Crippen LogP contribution is -2.33. The van der Waals surface area contributed by atoms with Crippen molar-refractivity contribution in [3.63, 3.8) is 0 Å². The fraction of sp³-hybridized carbons (Fsp3) is 0.167. The minimum absolute atomic E-state index is 0.376. The van der Waals surface area contributed by atoms with Crippen molar-refractivity contribution in [1.29, 1.82) is 0 Å². The van der Waals surface area contributed by atoms with E-state index in [4.69, 9.17) is 16.1 Å². The first-order chi connectivity index (χ1) is 12.0. The first kappa shape index (κ1) is 17.0. The third-order valence-electron chi connectivity index (χ3n) is 3.96. The number of amides is 1. The summed E-state index contributed by atoms with van der Waals surface area (Å²) in [6, 6.07) is 10.1. The monoisotopic (exact) mass is 357 g/mol. The molecule has 25 heavy (non-hydrogen) atoms. The van der Waals surface area contributed by atoms with Crippen LogP contribution in [0.4, 0.5) is 10.5 Å². The summed E-state index contributed by atoms with van der Waals surface area (Å²) in [7, 11) is 0. The highest BCUT2D eigenvalue weighted by atomic mass is 35.5. The Labute approximate surface area is 149 Å². The number of aromatic nitrogens is 2. The van der Waals surface area contributed by atoms with Crippen molar-refractivity contribution in [3.05, 3.63) is 65.1 Å². The molecule has 7 heteroatoms. The van der Waals surface area contributed by atoms with E-state index in [1.54, 1.807) is 56.6 Å². The molecule has 0 saturated carbocycles. The molecule has 0 fully saturated rings. The van der Waals surface area contributed by atoms with Gasteiger partial charge in [0, 0.05) is 23.0 Å². The summed E-state index contributed by atoms with van der Waals surface area (Å²) in [4.78, 5) is 17.3. The van der Waals surface area contributed by atoms with Gasteiger partial charge < -0.3 is 9.63 Å². The predicted molar refractivity (Wildman–Crippen MR) is 94.8 cm³/mol. The maximum absolute atomic E-state index is 12.1. The molecule has 3 rings (SSSR count). The molecule has 1 amide bonds. The van der Waals surface area contributed by atoms with Gasteiger partial charge in [0.1, 0.15) is 11.4 Å². The lowest BCUT2D eigenvalue weighted by molar-refractivity contribution is 0.199. The highest BCUT2D eigenvalue weighted by Crippen LogP contribution is 2.39. The Bertz CT molecular complexity index is 896. The van der Waals surface area contributed by atoms with Gasteiger partial charge in [-0.3, -0.25) is 9.88 Å². The summed E-state index contributed by atoms with van der Waals surface area (Å²) in [5.41, 5.74) is 2.27. The zero-order valence-corrected chi connectivity index (χ0v) is 14.4. The van der Waals surface area contributed by atoms with E-state index in [9.17, 15) is 9.90 Å². The van der Waals surface area contributed by atoms with Crippen LogP contribution in [0.2, 0.25) is 5.02 Å². The lowest BCUT2D eigenvalue weighted by Gasteiger charge is -2.27. The molecule has 1 atom stereocenters. The molecular formula is C18H16ClN3O3. The second kappa shape index (κ2) is 6.94. The average Bonchev–Trinajstić information content (AvgIpc) is 2.97. The Kier molecular flexibility index (Phi) is 4.72. The summed E-state index contributed by atoms with van der Waals surface area (Å²) >= 11 is 6.26. The largest absolute Gasteiger partial charge is 0.465 e. The minimum Gasteiger partial charge on any atom is -0.465 e. The number of aryl methyl sites for hydroxylation is 1. The van der Waals surface area contributed by atoms with Gasteiger partial charge in [0.15, 0.2) is 5.76 Å². The summed E-state index contributed by atoms with van der Waals surface area (Å²) in [5.74, 6) is 0.376. The maximum Gasteiger partial charge on any atom is 0.412 e. The van der Waals surface area contributed by atoms with Gasteiger partial charge in [0.25, 0.3) is 0 Å². The predicted octanol–water partition coefficient (Wildman–Crippen LogP) is 4.94. The van der Waals surface area contributed by atoms with Crippen LogP contribution >= 0.6 is 11.6 Å². The zero-order valence-electron chi connectivity index (χ0n) is 13.7. The zero-order chi connectivity index (χ0) is 18.0. The number of halogens is 1.